The van der Waals surface area contributed by atoms with E-state index < -0.39 is 5.91 Å². The van der Waals surface area contributed by atoms with Gasteiger partial charge in [0.1, 0.15) is 17.0 Å². The van der Waals surface area contributed by atoms with Crippen molar-refractivity contribution in [3.63, 3.8) is 0 Å². The van der Waals surface area contributed by atoms with Crippen molar-refractivity contribution in [1.82, 2.24) is 20.7 Å². The first kappa shape index (κ1) is 23.0. The van der Waals surface area contributed by atoms with E-state index in [0.29, 0.717) is 38.1 Å². The molecule has 0 spiro atoms. The molecular formula is C22H18ClN5O3S2. The van der Waals surface area contributed by atoms with Crippen LogP contribution >= 0.6 is 34.7 Å². The van der Waals surface area contributed by atoms with Gasteiger partial charge in [0.25, 0.3) is 5.91 Å². The second kappa shape index (κ2) is 10.6. The molecule has 0 saturated carbocycles. The zero-order chi connectivity index (χ0) is 23.2. The van der Waals surface area contributed by atoms with Gasteiger partial charge in [0.05, 0.1) is 10.8 Å². The Hall–Kier alpha value is -3.21. The lowest BCUT2D eigenvalue weighted by Gasteiger charge is -2.04. The van der Waals surface area contributed by atoms with E-state index >= 15 is 0 Å². The highest BCUT2D eigenvalue weighted by Gasteiger charge is 2.24. The Morgan fingerprint density at radius 1 is 1.09 bits per heavy atom. The third-order valence-corrected chi connectivity index (χ3v) is 6.81. The van der Waals surface area contributed by atoms with Crippen LogP contribution in [0.15, 0.2) is 63.5 Å². The molecule has 0 bridgehead atoms. The summed E-state index contributed by atoms with van der Waals surface area (Å²) in [6.45, 7) is 2.11. The number of amides is 2. The quantitative estimate of drug-likeness (QED) is 0.264. The van der Waals surface area contributed by atoms with Gasteiger partial charge in [0.15, 0.2) is 4.34 Å². The number of halogens is 1. The Morgan fingerprint density at radius 3 is 2.64 bits per heavy atom. The molecular weight excluding hydrogens is 482 g/mol. The van der Waals surface area contributed by atoms with Gasteiger partial charge in [-0.05, 0) is 18.6 Å². The van der Waals surface area contributed by atoms with E-state index in [0.717, 1.165) is 5.56 Å². The molecule has 0 fully saturated rings. The SMILES string of the molecule is Cc1onc(-c2ccccc2Cl)c1C(=O)Nc1nnc(SCC(=O)NCc2ccccc2)s1. The molecule has 0 aliphatic rings. The number of thioether (sulfide) groups is 1. The lowest BCUT2D eigenvalue weighted by molar-refractivity contribution is -0.118. The molecule has 2 aromatic carbocycles. The number of aromatic nitrogens is 3. The van der Waals surface area contributed by atoms with Crippen molar-refractivity contribution in [2.75, 3.05) is 11.1 Å². The van der Waals surface area contributed by atoms with Crippen molar-refractivity contribution >= 4 is 51.6 Å². The van der Waals surface area contributed by atoms with Gasteiger partial charge in [-0.15, -0.1) is 10.2 Å². The number of hydrogen-bond donors (Lipinski definition) is 2. The second-order valence-electron chi connectivity index (χ2n) is 6.82. The van der Waals surface area contributed by atoms with Gasteiger partial charge in [0.2, 0.25) is 11.0 Å². The summed E-state index contributed by atoms with van der Waals surface area (Å²) in [6.07, 6.45) is 0. The van der Waals surface area contributed by atoms with Crippen LogP contribution in [0.1, 0.15) is 21.7 Å². The fourth-order valence-corrected chi connectivity index (χ4v) is 4.73. The Bertz CT molecular complexity index is 1280. The van der Waals surface area contributed by atoms with Crippen LogP contribution in [0.5, 0.6) is 0 Å². The van der Waals surface area contributed by atoms with Gasteiger partial charge in [-0.25, -0.2) is 0 Å². The molecule has 0 unspecified atom stereocenters. The summed E-state index contributed by atoms with van der Waals surface area (Å²) >= 11 is 8.68. The highest BCUT2D eigenvalue weighted by atomic mass is 35.5. The Kier molecular flexibility index (Phi) is 7.38. The number of carbonyl (C=O) groups is 2. The van der Waals surface area contributed by atoms with Crippen LogP contribution in [-0.2, 0) is 11.3 Å². The van der Waals surface area contributed by atoms with E-state index in [1.165, 1.54) is 23.1 Å². The van der Waals surface area contributed by atoms with Gasteiger partial charge in [-0.3, -0.25) is 14.9 Å². The molecule has 0 radical (unpaired) electrons. The van der Waals surface area contributed by atoms with Gasteiger partial charge in [0, 0.05) is 12.1 Å². The highest BCUT2D eigenvalue weighted by Crippen LogP contribution is 2.32. The average molecular weight is 500 g/mol. The molecule has 168 valence electrons. The van der Waals surface area contributed by atoms with Crippen molar-refractivity contribution in [2.45, 2.75) is 17.8 Å². The van der Waals surface area contributed by atoms with E-state index in [2.05, 4.69) is 26.0 Å². The van der Waals surface area contributed by atoms with Gasteiger partial charge in [-0.2, -0.15) is 0 Å². The molecule has 0 aliphatic heterocycles. The normalized spacial score (nSPS) is 10.7. The standard InChI is InChI=1S/C22H18ClN5O3S2/c1-13-18(19(28-31-13)15-9-5-6-10-16(15)23)20(30)25-21-26-27-22(33-21)32-12-17(29)24-11-14-7-3-2-4-8-14/h2-10H,11-12H2,1H3,(H,24,29)(H,25,26,30). The minimum Gasteiger partial charge on any atom is -0.360 e. The van der Waals surface area contributed by atoms with E-state index in [1.54, 1.807) is 31.2 Å². The molecule has 0 saturated heterocycles. The number of hydrogen-bond acceptors (Lipinski definition) is 8. The number of nitrogens with zero attached hydrogens (tertiary/aromatic N) is 3. The third-order valence-electron chi connectivity index (χ3n) is 4.50. The predicted molar refractivity (Wildman–Crippen MR) is 129 cm³/mol. The first-order valence-corrected chi connectivity index (χ1v) is 12.0. The fourth-order valence-electron chi connectivity index (χ4n) is 2.93. The monoisotopic (exact) mass is 499 g/mol. The van der Waals surface area contributed by atoms with Crippen molar-refractivity contribution in [1.29, 1.82) is 0 Å². The number of carbonyl (C=O) groups excluding carboxylic acids is 2. The number of nitrogens with one attached hydrogen (secondary N) is 2. The summed E-state index contributed by atoms with van der Waals surface area (Å²) < 4.78 is 5.80. The molecule has 11 heteroatoms. The van der Waals surface area contributed by atoms with E-state index in [1.807, 2.05) is 30.3 Å². The Labute approximate surface area is 202 Å². The Balaban J connectivity index is 1.35. The maximum absolute atomic E-state index is 12.9. The first-order chi connectivity index (χ1) is 16.0. The molecule has 8 nitrogen and oxygen atoms in total. The van der Waals surface area contributed by atoms with Gasteiger partial charge < -0.3 is 9.84 Å². The third kappa shape index (κ3) is 5.78. The number of rotatable bonds is 8. The van der Waals surface area contributed by atoms with Crippen LogP contribution in [0.2, 0.25) is 5.02 Å². The summed E-state index contributed by atoms with van der Waals surface area (Å²) in [5.74, 6) is -0.000638. The molecule has 2 aromatic heterocycles. The maximum atomic E-state index is 12.9. The summed E-state index contributed by atoms with van der Waals surface area (Å²) in [4.78, 5) is 25.0. The smallest absolute Gasteiger partial charge is 0.263 e. The summed E-state index contributed by atoms with van der Waals surface area (Å²) in [5, 5.41) is 18.4. The highest BCUT2D eigenvalue weighted by molar-refractivity contribution is 8.01. The summed E-state index contributed by atoms with van der Waals surface area (Å²) in [7, 11) is 0. The molecule has 0 aliphatic carbocycles. The molecule has 2 amide bonds. The average Bonchev–Trinajstić information content (AvgIpc) is 3.43. The van der Waals surface area contributed by atoms with E-state index in [9.17, 15) is 9.59 Å². The van der Waals surface area contributed by atoms with Crippen LogP contribution in [0.25, 0.3) is 11.3 Å². The molecule has 2 N–H and O–H groups in total. The summed E-state index contributed by atoms with van der Waals surface area (Å²) in [5.41, 5.74) is 2.24. The molecule has 2 heterocycles. The molecule has 0 atom stereocenters. The summed E-state index contributed by atoms with van der Waals surface area (Å²) in [6, 6.07) is 16.7. The Morgan fingerprint density at radius 2 is 1.85 bits per heavy atom. The molecule has 4 rings (SSSR count). The second-order valence-corrected chi connectivity index (χ2v) is 9.43. The number of anilines is 1. The predicted octanol–water partition coefficient (Wildman–Crippen LogP) is 4.82. The molecule has 33 heavy (non-hydrogen) atoms. The van der Waals surface area contributed by atoms with Crippen molar-refractivity contribution in [2.24, 2.45) is 0 Å². The first-order valence-electron chi connectivity index (χ1n) is 9.80. The largest absolute Gasteiger partial charge is 0.360 e. The zero-order valence-corrected chi connectivity index (χ0v) is 19.8. The topological polar surface area (TPSA) is 110 Å². The lowest BCUT2D eigenvalue weighted by Crippen LogP contribution is -2.24. The van der Waals surface area contributed by atoms with Crippen molar-refractivity contribution < 1.29 is 14.1 Å². The number of aryl methyl sites for hydroxylation is 1. The van der Waals surface area contributed by atoms with E-state index in [4.69, 9.17) is 16.1 Å². The van der Waals surface area contributed by atoms with Gasteiger partial charge in [-0.1, -0.05) is 88.4 Å². The molecule has 4 aromatic rings. The van der Waals surface area contributed by atoms with Crippen LogP contribution in [0, 0.1) is 6.92 Å². The van der Waals surface area contributed by atoms with Crippen LogP contribution < -0.4 is 10.6 Å². The van der Waals surface area contributed by atoms with Gasteiger partial charge >= 0.3 is 0 Å². The zero-order valence-electron chi connectivity index (χ0n) is 17.4. The lowest BCUT2D eigenvalue weighted by atomic mass is 10.1. The van der Waals surface area contributed by atoms with Crippen molar-refractivity contribution in [3.8, 4) is 11.3 Å². The van der Waals surface area contributed by atoms with Crippen LogP contribution in [0.3, 0.4) is 0 Å². The van der Waals surface area contributed by atoms with Crippen LogP contribution in [-0.4, -0.2) is 32.9 Å². The minimum absolute atomic E-state index is 0.117. The van der Waals surface area contributed by atoms with E-state index in [-0.39, 0.29) is 17.2 Å². The fraction of sp³-hybridized carbons (Fsp3) is 0.136. The maximum Gasteiger partial charge on any atom is 0.263 e. The number of benzene rings is 2. The van der Waals surface area contributed by atoms with Crippen LogP contribution in [0.4, 0.5) is 5.13 Å². The minimum atomic E-state index is -0.433. The van der Waals surface area contributed by atoms with Crippen molar-refractivity contribution in [3.05, 3.63) is 76.5 Å².